The number of nitrogens with zero attached hydrogens (tertiary/aromatic N) is 1. The van der Waals surface area contributed by atoms with E-state index in [2.05, 4.69) is 5.32 Å². The molecule has 0 saturated heterocycles. The Kier molecular flexibility index (Phi) is 9.20. The SMILES string of the molecule is COCCOc1ccc(C(F)(F)F)cc1NC(=O)CCCN(C)S(=O)(=O)c1ccc(F)cc1. The van der Waals surface area contributed by atoms with E-state index < -0.39 is 33.5 Å². The smallest absolute Gasteiger partial charge is 0.416 e. The summed E-state index contributed by atoms with van der Waals surface area (Å²) in [6.07, 6.45) is -4.67. The van der Waals surface area contributed by atoms with Crippen LogP contribution in [0.15, 0.2) is 47.4 Å². The van der Waals surface area contributed by atoms with Crippen molar-refractivity contribution in [2.24, 2.45) is 0 Å². The second-order valence-electron chi connectivity index (χ2n) is 6.98. The first kappa shape index (κ1) is 26.6. The summed E-state index contributed by atoms with van der Waals surface area (Å²) in [5.74, 6) is -1.14. The van der Waals surface area contributed by atoms with Crippen LogP contribution in [0.5, 0.6) is 5.75 Å². The van der Waals surface area contributed by atoms with Crippen molar-refractivity contribution in [3.63, 3.8) is 0 Å². The van der Waals surface area contributed by atoms with Gasteiger partial charge in [-0.15, -0.1) is 0 Å². The highest BCUT2D eigenvalue weighted by Crippen LogP contribution is 2.35. The molecule has 0 spiro atoms. The molecule has 182 valence electrons. The van der Waals surface area contributed by atoms with Crippen LogP contribution >= 0.6 is 0 Å². The minimum atomic E-state index is -4.61. The first-order valence-corrected chi connectivity index (χ1v) is 11.2. The molecule has 33 heavy (non-hydrogen) atoms. The van der Waals surface area contributed by atoms with Crippen LogP contribution in [0.1, 0.15) is 18.4 Å². The lowest BCUT2D eigenvalue weighted by Gasteiger charge is -2.18. The van der Waals surface area contributed by atoms with E-state index in [4.69, 9.17) is 9.47 Å². The molecular formula is C21H24F4N2O5S. The first-order valence-electron chi connectivity index (χ1n) is 9.80. The molecule has 2 aromatic rings. The Bertz CT molecular complexity index is 1040. The summed E-state index contributed by atoms with van der Waals surface area (Å²) in [5.41, 5.74) is -1.11. The fourth-order valence-corrected chi connectivity index (χ4v) is 3.96. The summed E-state index contributed by atoms with van der Waals surface area (Å²) in [6, 6.07) is 7.03. The monoisotopic (exact) mass is 492 g/mol. The largest absolute Gasteiger partial charge is 0.489 e. The van der Waals surface area contributed by atoms with Gasteiger partial charge in [0.05, 0.1) is 22.8 Å². The molecule has 0 aliphatic heterocycles. The zero-order valence-electron chi connectivity index (χ0n) is 18.0. The van der Waals surface area contributed by atoms with E-state index in [9.17, 15) is 30.8 Å². The third kappa shape index (κ3) is 7.69. The summed E-state index contributed by atoms with van der Waals surface area (Å²) in [4.78, 5) is 12.2. The molecule has 0 heterocycles. The van der Waals surface area contributed by atoms with E-state index in [0.717, 1.165) is 46.8 Å². The number of benzene rings is 2. The normalized spacial score (nSPS) is 12.1. The molecule has 1 amide bonds. The number of alkyl halides is 3. The van der Waals surface area contributed by atoms with Crippen LogP contribution in [0.3, 0.4) is 0 Å². The van der Waals surface area contributed by atoms with Gasteiger partial charge in [-0.1, -0.05) is 0 Å². The van der Waals surface area contributed by atoms with Crippen LogP contribution < -0.4 is 10.1 Å². The maximum absolute atomic E-state index is 13.1. The van der Waals surface area contributed by atoms with Crippen molar-refractivity contribution < 1.29 is 40.2 Å². The van der Waals surface area contributed by atoms with Gasteiger partial charge >= 0.3 is 6.18 Å². The Morgan fingerprint density at radius 3 is 2.36 bits per heavy atom. The van der Waals surface area contributed by atoms with Gasteiger partial charge in [0.2, 0.25) is 15.9 Å². The molecule has 0 aromatic heterocycles. The molecule has 2 rings (SSSR count). The van der Waals surface area contributed by atoms with Gasteiger partial charge in [0.15, 0.2) is 0 Å². The summed E-state index contributed by atoms with van der Waals surface area (Å²) < 4.78 is 88.4. The zero-order valence-corrected chi connectivity index (χ0v) is 18.8. The van der Waals surface area contributed by atoms with Crippen LogP contribution in [-0.2, 0) is 25.7 Å². The molecule has 0 radical (unpaired) electrons. The lowest BCUT2D eigenvalue weighted by atomic mass is 10.1. The van der Waals surface area contributed by atoms with Gasteiger partial charge in [-0.05, 0) is 48.9 Å². The number of nitrogens with one attached hydrogen (secondary N) is 1. The van der Waals surface area contributed by atoms with Gasteiger partial charge in [0, 0.05) is 27.1 Å². The predicted octanol–water partition coefficient (Wildman–Crippen LogP) is 3.91. The number of amides is 1. The summed E-state index contributed by atoms with van der Waals surface area (Å²) in [6.45, 7) is 0.229. The third-order valence-corrected chi connectivity index (χ3v) is 6.40. The van der Waals surface area contributed by atoms with E-state index in [-0.39, 0.29) is 48.9 Å². The minimum absolute atomic E-state index is 0.0348. The van der Waals surface area contributed by atoms with Gasteiger partial charge in [-0.3, -0.25) is 4.79 Å². The number of sulfonamides is 1. The Morgan fingerprint density at radius 2 is 1.76 bits per heavy atom. The number of carbonyl (C=O) groups excluding carboxylic acids is 1. The predicted molar refractivity (Wildman–Crippen MR) is 113 cm³/mol. The van der Waals surface area contributed by atoms with Crippen LogP contribution in [0, 0.1) is 5.82 Å². The molecule has 7 nitrogen and oxygen atoms in total. The second-order valence-corrected chi connectivity index (χ2v) is 9.03. The Labute approximate surface area is 189 Å². The number of hydrogen-bond donors (Lipinski definition) is 1. The standard InChI is InChI=1S/C21H24F4N2O5S/c1-27(33(29,30)17-8-6-16(22)7-9-17)11-3-4-20(28)26-18-14-15(21(23,24)25)5-10-19(18)32-13-12-31-2/h5-10,14H,3-4,11-13H2,1-2H3,(H,26,28). The average molecular weight is 492 g/mol. The molecule has 0 aliphatic rings. The highest BCUT2D eigenvalue weighted by Gasteiger charge is 2.31. The Balaban J connectivity index is 2.00. The van der Waals surface area contributed by atoms with Crippen molar-refractivity contribution in [1.29, 1.82) is 0 Å². The van der Waals surface area contributed by atoms with E-state index in [0.29, 0.717) is 0 Å². The summed E-state index contributed by atoms with van der Waals surface area (Å²) in [5, 5.41) is 2.39. The van der Waals surface area contributed by atoms with Gasteiger partial charge in [-0.25, -0.2) is 17.1 Å². The number of hydrogen-bond acceptors (Lipinski definition) is 5. The third-order valence-electron chi connectivity index (χ3n) is 4.52. The average Bonchev–Trinajstić information content (AvgIpc) is 2.74. The summed E-state index contributed by atoms with van der Waals surface area (Å²) in [7, 11) is -1.13. The van der Waals surface area contributed by atoms with E-state index in [1.165, 1.54) is 14.2 Å². The van der Waals surface area contributed by atoms with Gasteiger partial charge < -0.3 is 14.8 Å². The molecule has 0 bridgehead atoms. The fraction of sp³-hybridized carbons (Fsp3) is 0.381. The lowest BCUT2D eigenvalue weighted by molar-refractivity contribution is -0.137. The second kappa shape index (κ2) is 11.4. The highest BCUT2D eigenvalue weighted by atomic mass is 32.2. The van der Waals surface area contributed by atoms with E-state index >= 15 is 0 Å². The Hall–Kier alpha value is -2.70. The van der Waals surface area contributed by atoms with Gasteiger partial charge in [-0.2, -0.15) is 13.2 Å². The van der Waals surface area contributed by atoms with Crippen molar-refractivity contribution >= 4 is 21.6 Å². The van der Waals surface area contributed by atoms with Crippen LogP contribution in [0.25, 0.3) is 0 Å². The van der Waals surface area contributed by atoms with Crippen molar-refractivity contribution in [1.82, 2.24) is 4.31 Å². The number of ether oxygens (including phenoxy) is 2. The van der Waals surface area contributed by atoms with Crippen LogP contribution in [0.2, 0.25) is 0 Å². The number of halogens is 4. The van der Waals surface area contributed by atoms with E-state index in [1.807, 2.05) is 0 Å². The number of anilines is 1. The van der Waals surface area contributed by atoms with Crippen LogP contribution in [0.4, 0.5) is 23.2 Å². The van der Waals surface area contributed by atoms with Crippen molar-refractivity contribution in [2.45, 2.75) is 23.9 Å². The maximum Gasteiger partial charge on any atom is 0.416 e. The van der Waals surface area contributed by atoms with Crippen molar-refractivity contribution in [2.75, 3.05) is 39.2 Å². The molecule has 2 aromatic carbocycles. The molecule has 0 saturated carbocycles. The number of rotatable bonds is 11. The first-order chi connectivity index (χ1) is 15.4. The minimum Gasteiger partial charge on any atom is -0.489 e. The van der Waals surface area contributed by atoms with Gasteiger partial charge in [0.25, 0.3) is 0 Å². The fourth-order valence-electron chi connectivity index (χ4n) is 2.75. The quantitative estimate of drug-likeness (QED) is 0.380. The van der Waals surface area contributed by atoms with E-state index in [1.54, 1.807) is 0 Å². The topological polar surface area (TPSA) is 84.9 Å². The maximum atomic E-state index is 13.1. The summed E-state index contributed by atoms with van der Waals surface area (Å²) >= 11 is 0. The molecule has 0 fully saturated rings. The highest BCUT2D eigenvalue weighted by molar-refractivity contribution is 7.89. The number of carbonyl (C=O) groups is 1. The molecule has 1 N–H and O–H groups in total. The molecule has 0 atom stereocenters. The van der Waals surface area contributed by atoms with Crippen molar-refractivity contribution in [3.05, 3.63) is 53.8 Å². The molecule has 12 heteroatoms. The molecular weight excluding hydrogens is 468 g/mol. The Morgan fingerprint density at radius 1 is 1.09 bits per heavy atom. The lowest BCUT2D eigenvalue weighted by Crippen LogP contribution is -2.28. The number of methoxy groups -OCH3 is 1. The van der Waals surface area contributed by atoms with Gasteiger partial charge in [0.1, 0.15) is 18.2 Å². The van der Waals surface area contributed by atoms with Crippen LogP contribution in [-0.4, -0.2) is 52.5 Å². The molecule has 0 aliphatic carbocycles. The van der Waals surface area contributed by atoms with Crippen molar-refractivity contribution in [3.8, 4) is 5.75 Å². The zero-order chi connectivity index (χ0) is 24.6. The molecule has 0 unspecified atom stereocenters.